The molecule has 17 heavy (non-hydrogen) atoms. The first-order valence-electron chi connectivity index (χ1n) is 5.92. The smallest absolute Gasteiger partial charge is 0.174 e. The molecule has 1 nitrogen and oxygen atoms in total. The van der Waals surface area contributed by atoms with Crippen LogP contribution in [0.1, 0.15) is 32.3 Å². The molecule has 0 spiro atoms. The Kier molecular flexibility index (Phi) is 5.01. The van der Waals surface area contributed by atoms with Crippen molar-refractivity contribution in [1.29, 1.82) is 0 Å². The van der Waals surface area contributed by atoms with Crippen molar-refractivity contribution in [3.05, 3.63) is 47.1 Å². The molecule has 1 aromatic carbocycles. The van der Waals surface area contributed by atoms with E-state index >= 15 is 4.39 Å². The lowest BCUT2D eigenvalue weighted by Crippen LogP contribution is -2.31. The number of hydrogen-bond donors (Lipinski definition) is 1. The molecule has 0 saturated heterocycles. The van der Waals surface area contributed by atoms with Crippen molar-refractivity contribution < 1.29 is 4.39 Å². The largest absolute Gasteiger partial charge is 0.386 e. The quantitative estimate of drug-likeness (QED) is 0.793. The van der Waals surface area contributed by atoms with E-state index in [4.69, 9.17) is 11.6 Å². The second kappa shape index (κ2) is 6.06. The summed E-state index contributed by atoms with van der Waals surface area (Å²) >= 11 is 5.82. The molecule has 1 N–H and O–H groups in total. The van der Waals surface area contributed by atoms with Crippen molar-refractivity contribution in [2.24, 2.45) is 0 Å². The minimum atomic E-state index is -1.52. The van der Waals surface area contributed by atoms with Crippen LogP contribution in [0, 0.1) is 0 Å². The van der Waals surface area contributed by atoms with E-state index in [0.717, 1.165) is 6.42 Å². The summed E-state index contributed by atoms with van der Waals surface area (Å²) < 4.78 is 15.0. The zero-order valence-corrected chi connectivity index (χ0v) is 11.1. The van der Waals surface area contributed by atoms with Gasteiger partial charge >= 0.3 is 0 Å². The minimum absolute atomic E-state index is 0.417. The molecule has 0 fully saturated rings. The van der Waals surface area contributed by atoms with Crippen molar-refractivity contribution in [2.45, 2.75) is 32.4 Å². The Morgan fingerprint density at radius 1 is 1.35 bits per heavy atom. The lowest BCUT2D eigenvalue weighted by Gasteiger charge is -2.28. The molecular formula is C14H19ClFN. The summed E-state index contributed by atoms with van der Waals surface area (Å²) in [6, 6.07) is 6.86. The highest BCUT2D eigenvalue weighted by atomic mass is 35.5. The van der Waals surface area contributed by atoms with Crippen molar-refractivity contribution in [3.63, 3.8) is 0 Å². The lowest BCUT2D eigenvalue weighted by atomic mass is 9.88. The molecule has 0 bridgehead atoms. The highest BCUT2D eigenvalue weighted by molar-refractivity contribution is 6.30. The van der Waals surface area contributed by atoms with Gasteiger partial charge in [0.2, 0.25) is 0 Å². The van der Waals surface area contributed by atoms with Gasteiger partial charge in [-0.2, -0.15) is 0 Å². The molecule has 0 aliphatic heterocycles. The van der Waals surface area contributed by atoms with Gasteiger partial charge in [0.1, 0.15) is 0 Å². The van der Waals surface area contributed by atoms with Gasteiger partial charge < -0.3 is 5.32 Å². The number of allylic oxidation sites excluding steroid dienone is 1. The highest BCUT2D eigenvalue weighted by Crippen LogP contribution is 2.36. The van der Waals surface area contributed by atoms with Crippen molar-refractivity contribution in [1.82, 2.24) is 5.32 Å². The number of rotatable bonds is 6. The van der Waals surface area contributed by atoms with E-state index in [1.54, 1.807) is 24.3 Å². The first kappa shape index (κ1) is 14.0. The molecule has 0 heterocycles. The Labute approximate surface area is 108 Å². The van der Waals surface area contributed by atoms with E-state index in [-0.39, 0.29) is 0 Å². The Hall–Kier alpha value is -1.02. The van der Waals surface area contributed by atoms with Gasteiger partial charge in [0.15, 0.2) is 5.67 Å². The molecule has 94 valence electrons. The van der Waals surface area contributed by atoms with Crippen molar-refractivity contribution >= 4 is 11.6 Å². The summed E-state index contributed by atoms with van der Waals surface area (Å²) in [6.07, 6.45) is 1.17. The van der Waals surface area contributed by atoms with Crippen LogP contribution in [0.25, 0.3) is 0 Å². The first-order chi connectivity index (χ1) is 8.04. The zero-order chi connectivity index (χ0) is 12.9. The summed E-state index contributed by atoms with van der Waals surface area (Å²) in [5.74, 6) is 0. The van der Waals surface area contributed by atoms with Crippen LogP contribution >= 0.6 is 11.6 Å². The fourth-order valence-electron chi connectivity index (χ4n) is 1.88. The predicted molar refractivity (Wildman–Crippen MR) is 72.0 cm³/mol. The van der Waals surface area contributed by atoms with E-state index in [1.165, 1.54) is 0 Å². The number of hydrogen-bond acceptors (Lipinski definition) is 1. The van der Waals surface area contributed by atoms with Gasteiger partial charge in [-0.25, -0.2) is 4.39 Å². The fourth-order valence-corrected chi connectivity index (χ4v) is 2.01. The SMILES string of the molecule is C=C(NCC)C(F)(CCC)c1ccc(Cl)cc1. The number of halogens is 2. The Morgan fingerprint density at radius 3 is 2.41 bits per heavy atom. The summed E-state index contributed by atoms with van der Waals surface area (Å²) in [5, 5.41) is 3.59. The maximum atomic E-state index is 15.0. The predicted octanol–water partition coefficient (Wildman–Crippen LogP) is 4.43. The fraction of sp³-hybridized carbons (Fsp3) is 0.429. The zero-order valence-electron chi connectivity index (χ0n) is 10.4. The third-order valence-corrected chi connectivity index (χ3v) is 3.02. The number of likely N-dealkylation sites (N-methyl/N-ethyl adjacent to an activating group) is 1. The third kappa shape index (κ3) is 3.22. The van der Waals surface area contributed by atoms with E-state index in [9.17, 15) is 0 Å². The lowest BCUT2D eigenvalue weighted by molar-refractivity contribution is 0.187. The second-order valence-corrected chi connectivity index (χ2v) is 4.50. The Balaban J connectivity index is 3.06. The van der Waals surface area contributed by atoms with E-state index in [2.05, 4.69) is 11.9 Å². The molecule has 0 radical (unpaired) electrons. The molecular weight excluding hydrogens is 237 g/mol. The van der Waals surface area contributed by atoms with Crippen LogP contribution in [-0.4, -0.2) is 6.54 Å². The second-order valence-electron chi connectivity index (χ2n) is 4.07. The summed E-state index contributed by atoms with van der Waals surface area (Å²) in [6.45, 7) is 8.38. The van der Waals surface area contributed by atoms with Gasteiger partial charge in [0.25, 0.3) is 0 Å². The van der Waals surface area contributed by atoms with Crippen LogP contribution in [-0.2, 0) is 5.67 Å². The first-order valence-corrected chi connectivity index (χ1v) is 6.30. The van der Waals surface area contributed by atoms with Gasteiger partial charge in [0, 0.05) is 17.3 Å². The normalized spacial score (nSPS) is 14.1. The molecule has 3 heteroatoms. The minimum Gasteiger partial charge on any atom is -0.386 e. The van der Waals surface area contributed by atoms with Crippen LogP contribution in [0.4, 0.5) is 4.39 Å². The van der Waals surface area contributed by atoms with Crippen LogP contribution in [0.15, 0.2) is 36.5 Å². The van der Waals surface area contributed by atoms with Crippen molar-refractivity contribution in [3.8, 4) is 0 Å². The van der Waals surface area contributed by atoms with Crippen LogP contribution < -0.4 is 5.32 Å². The Morgan fingerprint density at radius 2 is 1.94 bits per heavy atom. The van der Waals surface area contributed by atoms with Gasteiger partial charge in [-0.15, -0.1) is 0 Å². The Bertz CT molecular complexity index is 374. The highest BCUT2D eigenvalue weighted by Gasteiger charge is 2.34. The average molecular weight is 256 g/mol. The summed E-state index contributed by atoms with van der Waals surface area (Å²) in [4.78, 5) is 0. The third-order valence-electron chi connectivity index (χ3n) is 2.76. The molecule has 0 aliphatic rings. The molecule has 0 aliphatic carbocycles. The molecule has 0 amide bonds. The molecule has 1 aromatic rings. The molecule has 0 aromatic heterocycles. The molecule has 1 atom stereocenters. The van der Waals surface area contributed by atoms with Crippen LogP contribution in [0.5, 0.6) is 0 Å². The van der Waals surface area contributed by atoms with Gasteiger partial charge in [0.05, 0.1) is 0 Å². The van der Waals surface area contributed by atoms with E-state index in [1.807, 2.05) is 13.8 Å². The number of alkyl halides is 1. The number of benzene rings is 1. The van der Waals surface area contributed by atoms with Gasteiger partial charge in [-0.05, 0) is 31.0 Å². The topological polar surface area (TPSA) is 12.0 Å². The van der Waals surface area contributed by atoms with Gasteiger partial charge in [-0.3, -0.25) is 0 Å². The molecule has 0 saturated carbocycles. The van der Waals surface area contributed by atoms with Crippen molar-refractivity contribution in [2.75, 3.05) is 6.54 Å². The van der Waals surface area contributed by atoms with Gasteiger partial charge in [-0.1, -0.05) is 43.7 Å². The van der Waals surface area contributed by atoms with E-state index < -0.39 is 5.67 Å². The monoisotopic (exact) mass is 255 g/mol. The maximum Gasteiger partial charge on any atom is 0.174 e. The average Bonchev–Trinajstić information content (AvgIpc) is 2.30. The summed E-state index contributed by atoms with van der Waals surface area (Å²) in [5.41, 5.74) is -0.492. The molecule has 1 unspecified atom stereocenters. The summed E-state index contributed by atoms with van der Waals surface area (Å²) in [7, 11) is 0. The van der Waals surface area contributed by atoms with E-state index in [0.29, 0.717) is 29.2 Å². The molecule has 1 rings (SSSR count). The number of nitrogens with one attached hydrogen (secondary N) is 1. The standard InChI is InChI=1S/C14H19ClFN/c1-4-10-14(16,11(3)17-5-2)12-6-8-13(15)9-7-12/h6-9,17H,3-5,10H2,1-2H3. The van der Waals surface area contributed by atoms with Crippen LogP contribution in [0.2, 0.25) is 5.02 Å². The maximum absolute atomic E-state index is 15.0. The van der Waals surface area contributed by atoms with Crippen LogP contribution in [0.3, 0.4) is 0 Å².